The van der Waals surface area contributed by atoms with E-state index in [9.17, 15) is 18.0 Å². The Balaban J connectivity index is 2.35. The predicted octanol–water partition coefficient (Wildman–Crippen LogP) is 2.89. The van der Waals surface area contributed by atoms with E-state index in [4.69, 9.17) is 5.26 Å². The Morgan fingerprint density at radius 1 is 1.21 bits per heavy atom. The second kappa shape index (κ2) is 8.21. The molecule has 1 amide bonds. The number of hydrogen-bond donors (Lipinski definition) is 1. The van der Waals surface area contributed by atoms with Crippen molar-refractivity contribution in [3.8, 4) is 6.07 Å². The van der Waals surface area contributed by atoms with Gasteiger partial charge in [-0.3, -0.25) is 20.2 Å². The molecular formula is C18H19F3N6O. The molecule has 2 heterocycles. The Labute approximate surface area is 160 Å². The summed E-state index contributed by atoms with van der Waals surface area (Å²) in [6.07, 6.45) is -1.67. The molecule has 0 aromatic carbocycles. The van der Waals surface area contributed by atoms with Gasteiger partial charge in [-0.05, 0) is 23.1 Å². The summed E-state index contributed by atoms with van der Waals surface area (Å²) in [6.45, 7) is 5.72. The third kappa shape index (κ3) is 6.19. The summed E-state index contributed by atoms with van der Waals surface area (Å²) in [7, 11) is 0. The van der Waals surface area contributed by atoms with Gasteiger partial charge in [0.05, 0.1) is 6.42 Å². The van der Waals surface area contributed by atoms with E-state index in [1.54, 1.807) is 12.1 Å². The molecule has 0 bridgehead atoms. The smallest absolute Gasteiger partial charge is 0.273 e. The monoisotopic (exact) mass is 392 g/mol. The molecule has 2 aromatic rings. The summed E-state index contributed by atoms with van der Waals surface area (Å²) >= 11 is 0. The Hall–Kier alpha value is -3.22. The molecule has 0 radical (unpaired) electrons. The summed E-state index contributed by atoms with van der Waals surface area (Å²) in [5, 5.41) is 10.2. The standard InChI is InChI=1S/C18H19F3N6O/c1-17(2,3)11-27(26-16(28)8-12-4-6-23-7-5-12)15-9-13(18(19,20)21)24-14(10-22)25-15/h4-7,9H,8,11H2,1-3H3,(H,26,28). The number of amides is 1. The first kappa shape index (κ1) is 21.1. The molecule has 0 fully saturated rings. The third-order valence-electron chi connectivity index (χ3n) is 3.39. The molecule has 0 aliphatic heterocycles. The van der Waals surface area contributed by atoms with Crippen molar-refractivity contribution in [1.82, 2.24) is 20.4 Å². The minimum atomic E-state index is -4.75. The Morgan fingerprint density at radius 3 is 2.39 bits per heavy atom. The van der Waals surface area contributed by atoms with Crippen LogP contribution in [0.2, 0.25) is 0 Å². The maximum atomic E-state index is 13.1. The summed E-state index contributed by atoms with van der Waals surface area (Å²) in [4.78, 5) is 23.3. The zero-order chi connectivity index (χ0) is 20.9. The summed E-state index contributed by atoms with van der Waals surface area (Å²) < 4.78 is 39.4. The normalized spacial score (nSPS) is 11.6. The van der Waals surface area contributed by atoms with Crippen molar-refractivity contribution < 1.29 is 18.0 Å². The van der Waals surface area contributed by atoms with Crippen LogP contribution in [0.15, 0.2) is 30.6 Å². The molecule has 2 aromatic heterocycles. The molecule has 0 atom stereocenters. The highest BCUT2D eigenvalue weighted by atomic mass is 19.4. The molecule has 0 unspecified atom stereocenters. The molecule has 148 valence electrons. The molecule has 10 heteroatoms. The number of aromatic nitrogens is 3. The molecular weight excluding hydrogens is 373 g/mol. The van der Waals surface area contributed by atoms with E-state index in [0.29, 0.717) is 11.6 Å². The zero-order valence-electron chi connectivity index (χ0n) is 15.6. The minimum absolute atomic E-state index is 0.00544. The SMILES string of the molecule is CC(C)(C)CN(NC(=O)Cc1ccncc1)c1cc(C(F)(F)F)nc(C#N)n1. The van der Waals surface area contributed by atoms with Gasteiger partial charge in [0.2, 0.25) is 11.7 Å². The van der Waals surface area contributed by atoms with Gasteiger partial charge in [0.1, 0.15) is 6.07 Å². The Bertz CT molecular complexity index is 872. The number of carbonyl (C=O) groups is 1. The van der Waals surface area contributed by atoms with E-state index < -0.39 is 23.6 Å². The topological polar surface area (TPSA) is 94.8 Å². The number of rotatable bonds is 5. The fourth-order valence-corrected chi connectivity index (χ4v) is 2.30. The fourth-order valence-electron chi connectivity index (χ4n) is 2.30. The van der Waals surface area contributed by atoms with Gasteiger partial charge in [0, 0.05) is 25.0 Å². The van der Waals surface area contributed by atoms with Crippen molar-refractivity contribution >= 4 is 11.7 Å². The molecule has 7 nitrogen and oxygen atoms in total. The highest BCUT2D eigenvalue weighted by molar-refractivity contribution is 5.80. The largest absolute Gasteiger partial charge is 0.433 e. The van der Waals surface area contributed by atoms with Crippen LogP contribution >= 0.6 is 0 Å². The third-order valence-corrected chi connectivity index (χ3v) is 3.39. The maximum absolute atomic E-state index is 13.1. The molecule has 0 spiro atoms. The van der Waals surface area contributed by atoms with Gasteiger partial charge in [-0.15, -0.1) is 0 Å². The van der Waals surface area contributed by atoms with Crippen LogP contribution in [0.1, 0.15) is 37.9 Å². The molecule has 2 rings (SSSR count). The molecule has 28 heavy (non-hydrogen) atoms. The van der Waals surface area contributed by atoms with Crippen LogP contribution in [0.3, 0.4) is 0 Å². The van der Waals surface area contributed by atoms with E-state index in [1.807, 2.05) is 20.8 Å². The lowest BCUT2D eigenvalue weighted by Crippen LogP contribution is -2.47. The van der Waals surface area contributed by atoms with Crippen LogP contribution in [0, 0.1) is 16.7 Å². The first-order valence-corrected chi connectivity index (χ1v) is 8.30. The van der Waals surface area contributed by atoms with Crippen molar-refractivity contribution in [2.24, 2.45) is 5.41 Å². The minimum Gasteiger partial charge on any atom is -0.273 e. The van der Waals surface area contributed by atoms with Crippen LogP contribution < -0.4 is 10.4 Å². The number of nitriles is 1. The van der Waals surface area contributed by atoms with Gasteiger partial charge >= 0.3 is 6.18 Å². The summed E-state index contributed by atoms with van der Waals surface area (Å²) in [5.74, 6) is -1.29. The molecule has 0 aliphatic carbocycles. The second-order valence-corrected chi connectivity index (χ2v) is 7.26. The van der Waals surface area contributed by atoms with Crippen molar-refractivity contribution in [2.75, 3.05) is 11.6 Å². The maximum Gasteiger partial charge on any atom is 0.433 e. The first-order chi connectivity index (χ1) is 13.0. The highest BCUT2D eigenvalue weighted by Gasteiger charge is 2.34. The van der Waals surface area contributed by atoms with E-state index in [2.05, 4.69) is 20.4 Å². The van der Waals surface area contributed by atoms with E-state index in [0.717, 1.165) is 0 Å². The van der Waals surface area contributed by atoms with E-state index >= 15 is 0 Å². The number of halogens is 3. The lowest BCUT2D eigenvalue weighted by Gasteiger charge is -2.31. The van der Waals surface area contributed by atoms with Crippen molar-refractivity contribution in [1.29, 1.82) is 5.26 Å². The predicted molar refractivity (Wildman–Crippen MR) is 94.6 cm³/mol. The van der Waals surface area contributed by atoms with Gasteiger partial charge < -0.3 is 0 Å². The summed E-state index contributed by atoms with van der Waals surface area (Å²) in [6, 6.07) is 5.55. The van der Waals surface area contributed by atoms with Crippen molar-refractivity contribution in [3.63, 3.8) is 0 Å². The molecule has 0 saturated carbocycles. The number of nitrogens with zero attached hydrogens (tertiary/aromatic N) is 5. The first-order valence-electron chi connectivity index (χ1n) is 8.30. The summed E-state index contributed by atoms with van der Waals surface area (Å²) in [5.41, 5.74) is 1.63. The van der Waals surface area contributed by atoms with Crippen LogP contribution in [-0.2, 0) is 17.4 Å². The van der Waals surface area contributed by atoms with Gasteiger partial charge in [0.25, 0.3) is 0 Å². The number of alkyl halides is 3. The van der Waals surface area contributed by atoms with Crippen LogP contribution in [0.4, 0.5) is 19.0 Å². The quantitative estimate of drug-likeness (QED) is 0.787. The van der Waals surface area contributed by atoms with Gasteiger partial charge in [0.15, 0.2) is 11.5 Å². The number of carbonyl (C=O) groups excluding carboxylic acids is 1. The van der Waals surface area contributed by atoms with Gasteiger partial charge in [-0.2, -0.15) is 23.4 Å². The van der Waals surface area contributed by atoms with Crippen LogP contribution in [0.5, 0.6) is 0 Å². The number of hydrogen-bond acceptors (Lipinski definition) is 6. The van der Waals surface area contributed by atoms with Crippen molar-refractivity contribution in [2.45, 2.75) is 33.4 Å². The second-order valence-electron chi connectivity index (χ2n) is 7.26. The number of pyridine rings is 1. The van der Waals surface area contributed by atoms with Gasteiger partial charge in [-0.1, -0.05) is 20.8 Å². The van der Waals surface area contributed by atoms with Gasteiger partial charge in [-0.25, -0.2) is 4.98 Å². The number of anilines is 1. The molecule has 1 N–H and O–H groups in total. The Morgan fingerprint density at radius 2 is 1.86 bits per heavy atom. The lowest BCUT2D eigenvalue weighted by atomic mass is 9.96. The lowest BCUT2D eigenvalue weighted by molar-refractivity contribution is -0.141. The number of hydrazine groups is 1. The van der Waals surface area contributed by atoms with E-state index in [-0.39, 0.29) is 24.2 Å². The average Bonchev–Trinajstić information content (AvgIpc) is 2.59. The van der Waals surface area contributed by atoms with Crippen LogP contribution in [-0.4, -0.2) is 27.4 Å². The van der Waals surface area contributed by atoms with Crippen molar-refractivity contribution in [3.05, 3.63) is 47.7 Å². The van der Waals surface area contributed by atoms with E-state index in [1.165, 1.54) is 23.5 Å². The highest BCUT2D eigenvalue weighted by Crippen LogP contribution is 2.30. The molecule has 0 saturated heterocycles. The zero-order valence-corrected chi connectivity index (χ0v) is 15.6. The molecule has 0 aliphatic rings. The fraction of sp³-hybridized carbons (Fsp3) is 0.389. The average molecular weight is 392 g/mol. The van der Waals surface area contributed by atoms with Crippen LogP contribution in [0.25, 0.3) is 0 Å². The number of nitrogens with one attached hydrogen (secondary N) is 1. The Kier molecular flexibility index (Phi) is 6.18.